The van der Waals surface area contributed by atoms with E-state index in [-0.39, 0.29) is 5.82 Å². The van der Waals surface area contributed by atoms with Gasteiger partial charge < -0.3 is 10.6 Å². The van der Waals surface area contributed by atoms with Gasteiger partial charge in [-0.2, -0.15) is 0 Å². The summed E-state index contributed by atoms with van der Waals surface area (Å²) < 4.78 is 13.2. The maximum absolute atomic E-state index is 13.2. The molecule has 23 heavy (non-hydrogen) atoms. The second-order valence-electron chi connectivity index (χ2n) is 6.49. The van der Waals surface area contributed by atoms with E-state index in [0.29, 0.717) is 18.5 Å². The van der Waals surface area contributed by atoms with Gasteiger partial charge in [-0.3, -0.25) is 9.89 Å². The second-order valence-corrected chi connectivity index (χ2v) is 6.49. The van der Waals surface area contributed by atoms with Crippen LogP contribution in [0.1, 0.15) is 32.3 Å². The predicted octanol–water partition coefficient (Wildman–Crippen LogP) is 2.61. The number of aliphatic imine (C=N–C) groups is 1. The Balaban J connectivity index is 1.83. The monoisotopic (exact) mass is 320 g/mol. The van der Waals surface area contributed by atoms with Crippen molar-refractivity contribution in [2.24, 2.45) is 10.9 Å². The van der Waals surface area contributed by atoms with Crippen molar-refractivity contribution < 1.29 is 4.39 Å². The van der Waals surface area contributed by atoms with Gasteiger partial charge in [0.15, 0.2) is 5.96 Å². The molecular formula is C18H29FN4. The molecule has 1 aromatic rings. The van der Waals surface area contributed by atoms with Crippen LogP contribution in [0.2, 0.25) is 0 Å². The van der Waals surface area contributed by atoms with Crippen molar-refractivity contribution >= 4 is 5.96 Å². The minimum atomic E-state index is -0.207. The van der Waals surface area contributed by atoms with Crippen LogP contribution < -0.4 is 10.6 Å². The van der Waals surface area contributed by atoms with Gasteiger partial charge in [-0.1, -0.05) is 26.0 Å². The molecule has 1 atom stereocenters. The van der Waals surface area contributed by atoms with Gasteiger partial charge in [0, 0.05) is 26.2 Å². The van der Waals surface area contributed by atoms with Crippen LogP contribution in [-0.2, 0) is 6.54 Å². The molecule has 1 aliphatic rings. The van der Waals surface area contributed by atoms with Crippen LogP contribution >= 0.6 is 0 Å². The Morgan fingerprint density at radius 2 is 2.00 bits per heavy atom. The standard InChI is InChI=1S/C18H29FN4/c1-14(2)17(23-9-4-5-10-23)13-22-18(20-3)21-12-15-7-6-8-16(19)11-15/h6-8,11,14,17H,4-5,9-10,12-13H2,1-3H3,(H2,20,21,22). The van der Waals surface area contributed by atoms with Crippen LogP contribution in [0, 0.1) is 11.7 Å². The number of likely N-dealkylation sites (tertiary alicyclic amines) is 1. The van der Waals surface area contributed by atoms with Gasteiger partial charge in [0.1, 0.15) is 5.82 Å². The Bertz CT molecular complexity index is 509. The number of hydrogen-bond donors (Lipinski definition) is 2. The Hall–Kier alpha value is -1.62. The van der Waals surface area contributed by atoms with Crippen molar-refractivity contribution in [3.63, 3.8) is 0 Å². The molecule has 1 saturated heterocycles. The summed E-state index contributed by atoms with van der Waals surface area (Å²) in [7, 11) is 1.77. The summed E-state index contributed by atoms with van der Waals surface area (Å²) in [6.07, 6.45) is 2.60. The number of guanidine groups is 1. The molecule has 1 aromatic carbocycles. The van der Waals surface area contributed by atoms with Crippen molar-refractivity contribution in [1.29, 1.82) is 0 Å². The van der Waals surface area contributed by atoms with E-state index in [1.807, 2.05) is 6.07 Å². The number of hydrogen-bond acceptors (Lipinski definition) is 2. The number of nitrogens with one attached hydrogen (secondary N) is 2. The summed E-state index contributed by atoms with van der Waals surface area (Å²) >= 11 is 0. The zero-order valence-electron chi connectivity index (χ0n) is 14.5. The van der Waals surface area contributed by atoms with E-state index < -0.39 is 0 Å². The average molecular weight is 320 g/mol. The van der Waals surface area contributed by atoms with Crippen molar-refractivity contribution in [1.82, 2.24) is 15.5 Å². The fraction of sp³-hybridized carbons (Fsp3) is 0.611. The van der Waals surface area contributed by atoms with Gasteiger partial charge in [0.05, 0.1) is 0 Å². The normalized spacial score (nSPS) is 17.5. The van der Waals surface area contributed by atoms with E-state index in [4.69, 9.17) is 0 Å². The Morgan fingerprint density at radius 3 is 2.61 bits per heavy atom. The maximum atomic E-state index is 13.2. The largest absolute Gasteiger partial charge is 0.355 e. The second kappa shape index (κ2) is 8.87. The smallest absolute Gasteiger partial charge is 0.191 e. The third-order valence-corrected chi connectivity index (χ3v) is 4.43. The van der Waals surface area contributed by atoms with E-state index in [0.717, 1.165) is 18.1 Å². The Kier molecular flexibility index (Phi) is 6.84. The lowest BCUT2D eigenvalue weighted by Crippen LogP contribution is -2.48. The molecule has 0 saturated carbocycles. The zero-order chi connectivity index (χ0) is 16.7. The number of halogens is 1. The molecule has 0 aliphatic carbocycles. The number of nitrogens with zero attached hydrogens (tertiary/aromatic N) is 2. The number of benzene rings is 1. The van der Waals surface area contributed by atoms with E-state index in [2.05, 4.69) is 34.4 Å². The summed E-state index contributed by atoms with van der Waals surface area (Å²) in [6.45, 7) is 8.37. The third-order valence-electron chi connectivity index (χ3n) is 4.43. The SMILES string of the molecule is CN=C(NCc1cccc(F)c1)NCC(C(C)C)N1CCCC1. The molecule has 1 aliphatic heterocycles. The molecule has 1 unspecified atom stereocenters. The quantitative estimate of drug-likeness (QED) is 0.625. The lowest BCUT2D eigenvalue weighted by atomic mass is 10.0. The average Bonchev–Trinajstić information content (AvgIpc) is 3.04. The van der Waals surface area contributed by atoms with Gasteiger partial charge >= 0.3 is 0 Å². The van der Waals surface area contributed by atoms with Gasteiger partial charge in [-0.05, 0) is 49.5 Å². The van der Waals surface area contributed by atoms with Crippen LogP contribution in [0.5, 0.6) is 0 Å². The van der Waals surface area contributed by atoms with Crippen molar-refractivity contribution in [2.45, 2.75) is 39.3 Å². The Morgan fingerprint density at radius 1 is 1.26 bits per heavy atom. The van der Waals surface area contributed by atoms with Crippen LogP contribution in [0.15, 0.2) is 29.3 Å². The zero-order valence-corrected chi connectivity index (χ0v) is 14.5. The van der Waals surface area contributed by atoms with E-state index in [1.54, 1.807) is 19.2 Å². The van der Waals surface area contributed by atoms with Crippen LogP contribution in [0.25, 0.3) is 0 Å². The summed E-state index contributed by atoms with van der Waals surface area (Å²) in [5.74, 6) is 1.15. The molecule has 4 nitrogen and oxygen atoms in total. The lowest BCUT2D eigenvalue weighted by Gasteiger charge is -2.31. The van der Waals surface area contributed by atoms with Crippen LogP contribution in [0.3, 0.4) is 0 Å². The molecule has 2 rings (SSSR count). The van der Waals surface area contributed by atoms with E-state index >= 15 is 0 Å². The van der Waals surface area contributed by atoms with Gasteiger partial charge in [-0.25, -0.2) is 4.39 Å². The maximum Gasteiger partial charge on any atom is 0.191 e. The summed E-state index contributed by atoms with van der Waals surface area (Å²) in [4.78, 5) is 6.83. The molecule has 0 aromatic heterocycles. The first-order valence-corrected chi connectivity index (χ1v) is 8.53. The van der Waals surface area contributed by atoms with Gasteiger partial charge in [0.2, 0.25) is 0 Å². The molecule has 0 bridgehead atoms. The fourth-order valence-corrected chi connectivity index (χ4v) is 3.11. The predicted molar refractivity (Wildman–Crippen MR) is 94.0 cm³/mol. The van der Waals surface area contributed by atoms with Crippen LogP contribution in [0.4, 0.5) is 4.39 Å². The topological polar surface area (TPSA) is 39.7 Å². The first-order chi connectivity index (χ1) is 11.1. The molecule has 0 radical (unpaired) electrons. The minimum Gasteiger partial charge on any atom is -0.355 e. The van der Waals surface area contributed by atoms with E-state index in [1.165, 1.54) is 32.0 Å². The molecule has 0 amide bonds. The molecular weight excluding hydrogens is 291 g/mol. The number of rotatable bonds is 6. The highest BCUT2D eigenvalue weighted by Crippen LogP contribution is 2.17. The highest BCUT2D eigenvalue weighted by molar-refractivity contribution is 5.79. The fourth-order valence-electron chi connectivity index (χ4n) is 3.11. The lowest BCUT2D eigenvalue weighted by molar-refractivity contribution is 0.192. The first kappa shape index (κ1) is 17.7. The Labute approximate surface area is 139 Å². The molecule has 1 fully saturated rings. The minimum absolute atomic E-state index is 0.207. The van der Waals surface area contributed by atoms with Gasteiger partial charge in [0.25, 0.3) is 0 Å². The molecule has 128 valence electrons. The highest BCUT2D eigenvalue weighted by Gasteiger charge is 2.24. The van der Waals surface area contributed by atoms with Gasteiger partial charge in [-0.15, -0.1) is 0 Å². The summed E-state index contributed by atoms with van der Waals surface area (Å²) in [6, 6.07) is 7.15. The van der Waals surface area contributed by atoms with E-state index in [9.17, 15) is 4.39 Å². The highest BCUT2D eigenvalue weighted by atomic mass is 19.1. The summed E-state index contributed by atoms with van der Waals surface area (Å²) in [5.41, 5.74) is 0.910. The third kappa shape index (κ3) is 5.50. The first-order valence-electron chi connectivity index (χ1n) is 8.53. The van der Waals surface area contributed by atoms with Crippen molar-refractivity contribution in [2.75, 3.05) is 26.7 Å². The summed E-state index contributed by atoms with van der Waals surface area (Å²) in [5, 5.41) is 6.67. The van der Waals surface area contributed by atoms with Crippen molar-refractivity contribution in [3.05, 3.63) is 35.6 Å². The molecule has 5 heteroatoms. The van der Waals surface area contributed by atoms with Crippen LogP contribution in [-0.4, -0.2) is 43.6 Å². The molecule has 1 heterocycles. The molecule has 2 N–H and O–H groups in total. The molecule has 0 spiro atoms. The van der Waals surface area contributed by atoms with Crippen molar-refractivity contribution in [3.8, 4) is 0 Å².